The van der Waals surface area contributed by atoms with Crippen molar-refractivity contribution in [2.45, 2.75) is 56.9 Å². The van der Waals surface area contributed by atoms with E-state index in [-0.39, 0.29) is 41.6 Å². The quantitative estimate of drug-likeness (QED) is 0.477. The van der Waals surface area contributed by atoms with Gasteiger partial charge < -0.3 is 19.9 Å². The smallest absolute Gasteiger partial charge is 0.381 e. The van der Waals surface area contributed by atoms with Crippen LogP contribution in [-0.2, 0) is 24.0 Å². The Morgan fingerprint density at radius 1 is 1.24 bits per heavy atom. The molecule has 0 bridgehead atoms. The SMILES string of the molecule is CC1(NCc2cc3c(c(C(F)(F)F)c2)CN(c2cccc([C@H](c4nnc[nH]4)C4COC4)c2)C3=O)CCC1. The van der Waals surface area contributed by atoms with E-state index in [0.29, 0.717) is 30.3 Å². The molecule has 37 heavy (non-hydrogen) atoms. The number of fused-ring (bicyclic) bond motifs is 1. The first-order valence-corrected chi connectivity index (χ1v) is 12.6. The lowest BCUT2D eigenvalue weighted by Gasteiger charge is -2.39. The highest BCUT2D eigenvalue weighted by Gasteiger charge is 2.41. The zero-order chi connectivity index (χ0) is 25.8. The molecule has 2 N–H and O–H groups in total. The number of carbonyl (C=O) groups excluding carboxylic acids is 1. The fourth-order valence-corrected chi connectivity index (χ4v) is 5.58. The molecule has 0 radical (unpaired) electrons. The molecule has 3 aromatic rings. The van der Waals surface area contributed by atoms with Crippen LogP contribution in [0.5, 0.6) is 0 Å². The molecule has 2 fully saturated rings. The van der Waals surface area contributed by atoms with Gasteiger partial charge in [0, 0.05) is 29.3 Å². The summed E-state index contributed by atoms with van der Waals surface area (Å²) in [6, 6.07) is 10.2. The van der Waals surface area contributed by atoms with Crippen LogP contribution < -0.4 is 10.2 Å². The van der Waals surface area contributed by atoms with Crippen molar-refractivity contribution in [1.82, 2.24) is 20.5 Å². The molecule has 2 aromatic carbocycles. The Labute approximate surface area is 212 Å². The maximum atomic E-state index is 14.1. The summed E-state index contributed by atoms with van der Waals surface area (Å²) in [6.07, 6.45) is 0.0619. The molecule has 194 valence electrons. The number of benzene rings is 2. The van der Waals surface area contributed by atoms with Gasteiger partial charge in [0.1, 0.15) is 12.2 Å². The minimum Gasteiger partial charge on any atom is -0.381 e. The van der Waals surface area contributed by atoms with E-state index in [2.05, 4.69) is 27.4 Å². The highest BCUT2D eigenvalue weighted by molar-refractivity contribution is 6.10. The molecule has 6 rings (SSSR count). The van der Waals surface area contributed by atoms with Crippen LogP contribution >= 0.6 is 0 Å². The summed E-state index contributed by atoms with van der Waals surface area (Å²) in [6.45, 7) is 3.40. The molecule has 3 aliphatic rings. The predicted octanol–water partition coefficient (Wildman–Crippen LogP) is 4.79. The van der Waals surface area contributed by atoms with Crippen molar-refractivity contribution in [3.8, 4) is 0 Å². The van der Waals surface area contributed by atoms with E-state index in [1.807, 2.05) is 18.2 Å². The van der Waals surface area contributed by atoms with Gasteiger partial charge in [0.2, 0.25) is 0 Å². The second-order valence-corrected chi connectivity index (χ2v) is 10.6. The van der Waals surface area contributed by atoms with Crippen molar-refractivity contribution >= 4 is 11.6 Å². The Kier molecular flexibility index (Phi) is 5.83. The van der Waals surface area contributed by atoms with E-state index in [0.717, 1.165) is 24.8 Å². The summed E-state index contributed by atoms with van der Waals surface area (Å²) in [4.78, 5) is 18.0. The number of hydrogen-bond donors (Lipinski definition) is 2. The van der Waals surface area contributed by atoms with E-state index in [4.69, 9.17) is 4.74 Å². The zero-order valence-corrected chi connectivity index (χ0v) is 20.4. The van der Waals surface area contributed by atoms with Crippen LogP contribution in [0.4, 0.5) is 18.9 Å². The number of rotatable bonds is 7. The maximum absolute atomic E-state index is 14.1. The normalized spacial score (nSPS) is 19.9. The molecule has 1 aliphatic carbocycles. The molecule has 1 saturated heterocycles. The molecule has 1 aromatic heterocycles. The van der Waals surface area contributed by atoms with Crippen LogP contribution in [-0.4, -0.2) is 39.8 Å². The van der Waals surface area contributed by atoms with E-state index in [1.165, 1.54) is 17.3 Å². The Bertz CT molecular complexity index is 1320. The molecule has 7 nitrogen and oxygen atoms in total. The van der Waals surface area contributed by atoms with Crippen LogP contribution in [0.25, 0.3) is 0 Å². The number of anilines is 1. The average Bonchev–Trinajstić information content (AvgIpc) is 3.46. The first-order chi connectivity index (χ1) is 17.7. The molecule has 1 saturated carbocycles. The number of hydrogen-bond acceptors (Lipinski definition) is 5. The summed E-state index contributed by atoms with van der Waals surface area (Å²) in [5.41, 5.74) is 1.28. The number of H-pyrrole nitrogens is 1. The van der Waals surface area contributed by atoms with E-state index < -0.39 is 17.6 Å². The third kappa shape index (κ3) is 4.42. The van der Waals surface area contributed by atoms with Gasteiger partial charge in [-0.2, -0.15) is 13.2 Å². The van der Waals surface area contributed by atoms with Crippen LogP contribution in [0.1, 0.15) is 70.5 Å². The molecule has 0 unspecified atom stereocenters. The molecular weight excluding hydrogens is 483 g/mol. The van der Waals surface area contributed by atoms with Gasteiger partial charge in [-0.1, -0.05) is 12.1 Å². The lowest BCUT2D eigenvalue weighted by molar-refractivity contribution is -0.138. The number of alkyl halides is 3. The topological polar surface area (TPSA) is 83.1 Å². The van der Waals surface area contributed by atoms with Crippen LogP contribution in [0.3, 0.4) is 0 Å². The average molecular weight is 512 g/mol. The van der Waals surface area contributed by atoms with Gasteiger partial charge >= 0.3 is 6.18 Å². The number of nitrogens with one attached hydrogen (secondary N) is 2. The maximum Gasteiger partial charge on any atom is 0.416 e. The van der Waals surface area contributed by atoms with Crippen molar-refractivity contribution in [2.75, 3.05) is 18.1 Å². The van der Waals surface area contributed by atoms with Gasteiger partial charge in [-0.15, -0.1) is 10.2 Å². The van der Waals surface area contributed by atoms with Crippen molar-refractivity contribution < 1.29 is 22.7 Å². The predicted molar refractivity (Wildman–Crippen MR) is 130 cm³/mol. The molecule has 1 atom stereocenters. The van der Waals surface area contributed by atoms with Crippen molar-refractivity contribution in [2.24, 2.45) is 5.92 Å². The van der Waals surface area contributed by atoms with Crippen LogP contribution in [0.2, 0.25) is 0 Å². The molecule has 10 heteroatoms. The van der Waals surface area contributed by atoms with Crippen molar-refractivity contribution in [3.63, 3.8) is 0 Å². The van der Waals surface area contributed by atoms with Gasteiger partial charge in [-0.05, 0) is 67.1 Å². The van der Waals surface area contributed by atoms with E-state index >= 15 is 0 Å². The third-order valence-corrected chi connectivity index (χ3v) is 7.99. The number of ether oxygens (including phenoxy) is 1. The first-order valence-electron chi connectivity index (χ1n) is 12.6. The standard InChI is InChI=1S/C27H28F3N5O2/c1-26(6-3-7-26)32-11-16-8-20-21(22(9-16)27(28,29)30)12-35(25(20)36)19-5-2-4-17(10-19)23(18-13-37-14-18)24-31-15-33-34-24/h2,4-5,8-10,15,18,23,32H,3,6-7,11-14H2,1H3,(H,31,33,34)/t23-/m0/s1. The largest absolute Gasteiger partial charge is 0.416 e. The highest BCUT2D eigenvalue weighted by Crippen LogP contribution is 2.41. The number of amides is 1. The number of carbonyl (C=O) groups is 1. The first kappa shape index (κ1) is 24.1. The molecular formula is C27H28F3N5O2. The fraction of sp³-hybridized carbons (Fsp3) is 0.444. The monoisotopic (exact) mass is 511 g/mol. The van der Waals surface area contributed by atoms with Gasteiger partial charge in [0.25, 0.3) is 5.91 Å². The lowest BCUT2D eigenvalue weighted by Crippen LogP contribution is -2.47. The Balaban J connectivity index is 1.32. The van der Waals surface area contributed by atoms with Crippen molar-refractivity contribution in [1.29, 1.82) is 0 Å². The van der Waals surface area contributed by atoms with Gasteiger partial charge in [-0.25, -0.2) is 0 Å². The van der Waals surface area contributed by atoms with E-state index in [1.54, 1.807) is 12.1 Å². The second-order valence-electron chi connectivity index (χ2n) is 10.6. The molecule has 3 heterocycles. The summed E-state index contributed by atoms with van der Waals surface area (Å²) < 4.78 is 47.7. The number of aromatic nitrogens is 3. The van der Waals surface area contributed by atoms with Crippen molar-refractivity contribution in [3.05, 3.63) is 76.4 Å². The molecule has 2 aliphatic heterocycles. The number of nitrogens with zero attached hydrogens (tertiary/aromatic N) is 3. The van der Waals surface area contributed by atoms with Gasteiger partial charge in [0.15, 0.2) is 0 Å². The van der Waals surface area contributed by atoms with Crippen LogP contribution in [0.15, 0.2) is 42.7 Å². The summed E-state index contributed by atoms with van der Waals surface area (Å²) >= 11 is 0. The fourth-order valence-electron chi connectivity index (χ4n) is 5.58. The van der Waals surface area contributed by atoms with E-state index in [9.17, 15) is 18.0 Å². The second kappa shape index (κ2) is 8.95. The highest BCUT2D eigenvalue weighted by atomic mass is 19.4. The molecule has 0 spiro atoms. The lowest BCUT2D eigenvalue weighted by atomic mass is 9.78. The minimum atomic E-state index is -4.56. The number of aromatic amines is 1. The minimum absolute atomic E-state index is 0.0284. The Morgan fingerprint density at radius 2 is 2.05 bits per heavy atom. The third-order valence-electron chi connectivity index (χ3n) is 7.99. The van der Waals surface area contributed by atoms with Gasteiger partial charge in [-0.3, -0.25) is 4.79 Å². The zero-order valence-electron chi connectivity index (χ0n) is 20.4. The molecule has 1 amide bonds. The summed E-state index contributed by atoms with van der Waals surface area (Å²) in [7, 11) is 0. The summed E-state index contributed by atoms with van der Waals surface area (Å²) in [5.74, 6) is 0.349. The van der Waals surface area contributed by atoms with Crippen LogP contribution in [0, 0.1) is 5.92 Å². The Morgan fingerprint density at radius 3 is 2.68 bits per heavy atom. The number of halogens is 3. The summed E-state index contributed by atoms with van der Waals surface area (Å²) in [5, 5.41) is 11.5. The van der Waals surface area contributed by atoms with Gasteiger partial charge in [0.05, 0.1) is 31.2 Å². The Hall–Kier alpha value is -3.24.